The molecule has 0 saturated carbocycles. The van der Waals surface area contributed by atoms with Crippen LogP contribution in [0.3, 0.4) is 0 Å². The lowest BCUT2D eigenvalue weighted by Crippen LogP contribution is -2.46. The van der Waals surface area contributed by atoms with Crippen LogP contribution in [0.4, 0.5) is 5.69 Å². The number of Topliss-reactive ketones (excluding diaryl/α,β-unsaturated/α-hetero) is 1. The van der Waals surface area contributed by atoms with Crippen molar-refractivity contribution in [2.75, 3.05) is 19.0 Å². The lowest BCUT2D eigenvalue weighted by atomic mass is 9.78. The number of carboxylic acid groups (broad SMARTS) is 1. The highest BCUT2D eigenvalue weighted by Crippen LogP contribution is 2.54. The minimum absolute atomic E-state index is 0.0301. The number of carbonyl (C=O) groups excluding carboxylic acids is 3. The summed E-state index contributed by atoms with van der Waals surface area (Å²) in [5.74, 6) is -9.54. The lowest BCUT2D eigenvalue weighted by molar-refractivity contribution is -0.160. The van der Waals surface area contributed by atoms with Gasteiger partial charge in [0.25, 0.3) is 11.7 Å². The molecular weight excluding hydrogens is 706 g/mol. The monoisotopic (exact) mass is 755 g/mol. The molecule has 0 radical (unpaired) electrons. The van der Waals surface area contributed by atoms with E-state index in [1.165, 1.54) is 53.2 Å². The molecule has 3 aliphatic rings. The van der Waals surface area contributed by atoms with Gasteiger partial charge in [-0.15, -0.1) is 0 Å². The predicted molar refractivity (Wildman–Crippen MR) is 195 cm³/mol. The van der Waals surface area contributed by atoms with Crippen molar-refractivity contribution in [2.24, 2.45) is 23.7 Å². The Balaban J connectivity index is 1.93. The number of aromatic hydroxyl groups is 2. The fraction of sp³-hybridized carbons (Fsp3) is 0.487. The Hall–Kier alpha value is -5.12. The van der Waals surface area contributed by atoms with Crippen molar-refractivity contribution in [1.29, 1.82) is 0 Å². The van der Waals surface area contributed by atoms with E-state index in [-0.39, 0.29) is 44.7 Å². The van der Waals surface area contributed by atoms with Crippen molar-refractivity contribution < 1.29 is 68.4 Å². The number of hydrogen-bond acceptors (Lipinski definition) is 13. The third kappa shape index (κ3) is 8.17. The van der Waals surface area contributed by atoms with E-state index < -0.39 is 95.6 Å². The smallest absolute Gasteiger partial charge is 0.341 e. The van der Waals surface area contributed by atoms with E-state index in [1.54, 1.807) is 39.8 Å². The number of benzene rings is 2. The van der Waals surface area contributed by atoms with Gasteiger partial charge in [-0.25, -0.2) is 4.79 Å². The summed E-state index contributed by atoms with van der Waals surface area (Å²) in [6.07, 6.45) is 3.37. The van der Waals surface area contributed by atoms with Crippen LogP contribution < -0.4 is 14.8 Å². The number of phenolic OH excluding ortho intramolecular Hbond substituents is 2. The summed E-state index contributed by atoms with van der Waals surface area (Å²) in [5.41, 5.74) is -0.251. The van der Waals surface area contributed by atoms with Crippen LogP contribution in [-0.2, 0) is 28.6 Å². The van der Waals surface area contributed by atoms with Crippen molar-refractivity contribution in [2.45, 2.75) is 85.6 Å². The van der Waals surface area contributed by atoms with E-state index in [2.05, 4.69) is 5.32 Å². The first-order valence-corrected chi connectivity index (χ1v) is 17.5. The Bertz CT molecular complexity index is 1900. The van der Waals surface area contributed by atoms with Gasteiger partial charge in [-0.2, -0.15) is 0 Å². The van der Waals surface area contributed by atoms with Crippen LogP contribution in [0.15, 0.2) is 42.2 Å². The van der Waals surface area contributed by atoms with Gasteiger partial charge in [0, 0.05) is 67.2 Å². The second kappa shape index (κ2) is 16.5. The highest BCUT2D eigenvalue weighted by atomic mass is 16.7. The minimum Gasteiger partial charge on any atom is -0.507 e. The molecule has 6 N–H and O–H groups in total. The number of methoxy groups -OCH3 is 1. The maximum absolute atomic E-state index is 14.2. The van der Waals surface area contributed by atoms with E-state index in [0.717, 1.165) is 6.07 Å². The van der Waals surface area contributed by atoms with Crippen molar-refractivity contribution in [3.05, 3.63) is 53.3 Å². The van der Waals surface area contributed by atoms with Gasteiger partial charge in [0.1, 0.15) is 23.4 Å². The number of aliphatic hydroxyl groups is 2. The summed E-state index contributed by atoms with van der Waals surface area (Å²) in [5, 5.41) is 57.0. The van der Waals surface area contributed by atoms with Gasteiger partial charge in [-0.1, -0.05) is 45.9 Å². The molecule has 15 nitrogen and oxygen atoms in total. The first kappa shape index (κ1) is 41.6. The highest BCUT2D eigenvalue weighted by Gasteiger charge is 2.49. The molecule has 54 heavy (non-hydrogen) atoms. The molecule has 0 spiro atoms. The molecule has 3 aliphatic heterocycles. The molecule has 294 valence electrons. The van der Waals surface area contributed by atoms with E-state index >= 15 is 0 Å². The molecule has 5 rings (SSSR count). The van der Waals surface area contributed by atoms with Gasteiger partial charge in [0.05, 0.1) is 41.2 Å². The molecule has 0 saturated heterocycles. The molecule has 15 heteroatoms. The maximum Gasteiger partial charge on any atom is 0.341 e. The van der Waals surface area contributed by atoms with Crippen molar-refractivity contribution in [3.8, 4) is 23.0 Å². The molecular formula is C39H49NO14. The second-order valence-corrected chi connectivity index (χ2v) is 14.1. The topological polar surface area (TPSA) is 228 Å². The number of aliphatic carboxylic acids is 1. The Morgan fingerprint density at radius 2 is 1.63 bits per heavy atom. The van der Waals surface area contributed by atoms with E-state index in [9.17, 15) is 44.7 Å². The molecule has 9 unspecified atom stereocenters. The van der Waals surface area contributed by atoms with Crippen LogP contribution in [0.1, 0.15) is 64.4 Å². The number of ether oxygens (including phenoxy) is 5. The lowest BCUT2D eigenvalue weighted by Gasteiger charge is -2.38. The van der Waals surface area contributed by atoms with Crippen LogP contribution in [-0.4, -0.2) is 93.1 Å². The molecule has 5 bridgehead atoms. The predicted octanol–water partition coefficient (Wildman–Crippen LogP) is 4.51. The van der Waals surface area contributed by atoms with E-state index in [0.29, 0.717) is 0 Å². The van der Waals surface area contributed by atoms with Gasteiger partial charge < -0.3 is 54.5 Å². The molecule has 2 aromatic rings. The standard InChI is InChI=1S/C39H49NO14/c1-17-11-10-12-18(2)38(49)40-24-15-26(51-16-27(42)43)28-29(34(24)47)33(46)22(6)36-30(28)37(48)39(8,54-36)52-14-13-25(50-9)19(3)35(53-23(7)41)21(5)32(45)20(4)31(17)44/h10-15,17,19-21,25,31-32,35,44-47H,16H2,1-9H3,(H,40,49)(H,42,43)/b11-10-,14-13-,18-12-. The fourth-order valence-corrected chi connectivity index (χ4v) is 6.89. The normalized spacial score (nSPS) is 31.5. The van der Waals surface area contributed by atoms with Gasteiger partial charge in [0.15, 0.2) is 12.4 Å². The third-order valence-corrected chi connectivity index (χ3v) is 10.2. The van der Waals surface area contributed by atoms with Crippen LogP contribution >= 0.6 is 0 Å². The summed E-state index contributed by atoms with van der Waals surface area (Å²) in [6.45, 7) is 11.4. The number of allylic oxidation sites excluding steroid dienone is 2. The SMILES string of the molecule is COC1/C=C\OC2(C)Oc3c(C)c(O)c4c(O)c(cc(OCC(=O)O)c4c3C2=O)NC(=O)/C(C)=C\C=C/C(C)C(O)C(C)C(O)C(C)C(OC(C)=O)C1C. The van der Waals surface area contributed by atoms with Crippen molar-refractivity contribution >= 4 is 40.1 Å². The summed E-state index contributed by atoms with van der Waals surface area (Å²) in [6, 6.07) is 1.13. The van der Waals surface area contributed by atoms with E-state index in [4.69, 9.17) is 23.7 Å². The number of aliphatic hydroxyl groups excluding tert-OH is 2. The number of amides is 1. The highest BCUT2D eigenvalue weighted by molar-refractivity contribution is 6.21. The van der Waals surface area contributed by atoms with Crippen LogP contribution in [0.25, 0.3) is 10.8 Å². The number of carbonyl (C=O) groups is 4. The average molecular weight is 756 g/mol. The molecule has 3 heterocycles. The number of hydrogen-bond donors (Lipinski definition) is 6. The van der Waals surface area contributed by atoms with Crippen LogP contribution in [0.2, 0.25) is 0 Å². The quantitative estimate of drug-likeness (QED) is 0.182. The Morgan fingerprint density at radius 1 is 0.963 bits per heavy atom. The first-order valence-electron chi connectivity index (χ1n) is 17.5. The largest absolute Gasteiger partial charge is 0.507 e. The molecule has 0 aromatic heterocycles. The van der Waals surface area contributed by atoms with Crippen molar-refractivity contribution in [1.82, 2.24) is 0 Å². The Morgan fingerprint density at radius 3 is 2.24 bits per heavy atom. The Labute approximate surface area is 312 Å². The zero-order valence-electron chi connectivity index (χ0n) is 31.7. The summed E-state index contributed by atoms with van der Waals surface area (Å²) in [4.78, 5) is 51.3. The fourth-order valence-electron chi connectivity index (χ4n) is 6.89. The molecule has 1 amide bonds. The number of fused-ring (bicyclic) bond motifs is 14. The number of ketones is 1. The van der Waals surface area contributed by atoms with Gasteiger partial charge in [-0.3, -0.25) is 14.4 Å². The average Bonchev–Trinajstić information content (AvgIpc) is 3.38. The first-order chi connectivity index (χ1) is 25.2. The molecule has 0 fully saturated rings. The van der Waals surface area contributed by atoms with Gasteiger partial charge in [0.2, 0.25) is 0 Å². The number of carboxylic acids is 1. The summed E-state index contributed by atoms with van der Waals surface area (Å²) >= 11 is 0. The maximum atomic E-state index is 14.2. The zero-order chi connectivity index (χ0) is 40.4. The van der Waals surface area contributed by atoms with Crippen LogP contribution in [0.5, 0.6) is 23.0 Å². The molecule has 9 atom stereocenters. The summed E-state index contributed by atoms with van der Waals surface area (Å²) in [7, 11) is 1.41. The second-order valence-electron chi connectivity index (χ2n) is 14.1. The van der Waals surface area contributed by atoms with E-state index in [1.807, 2.05) is 0 Å². The number of esters is 1. The van der Waals surface area contributed by atoms with Crippen LogP contribution in [0, 0.1) is 30.6 Å². The van der Waals surface area contributed by atoms with Gasteiger partial charge in [-0.05, 0) is 19.9 Å². The number of nitrogens with one attached hydrogen (secondary N) is 1. The number of phenols is 2. The molecule has 2 aromatic carbocycles. The Kier molecular flexibility index (Phi) is 12.7. The minimum atomic E-state index is -2.05. The molecule has 0 aliphatic carbocycles. The van der Waals surface area contributed by atoms with Crippen molar-refractivity contribution in [3.63, 3.8) is 0 Å². The van der Waals surface area contributed by atoms with Gasteiger partial charge >= 0.3 is 17.7 Å². The number of anilines is 1. The summed E-state index contributed by atoms with van der Waals surface area (Å²) < 4.78 is 28.9. The zero-order valence-corrected chi connectivity index (χ0v) is 31.7. The third-order valence-electron chi connectivity index (χ3n) is 10.2. The number of rotatable bonds is 5.